The Morgan fingerprint density at radius 1 is 1.00 bits per heavy atom. The van der Waals surface area contributed by atoms with E-state index in [0.717, 1.165) is 63.0 Å². The van der Waals surface area contributed by atoms with E-state index in [0.29, 0.717) is 6.54 Å². The van der Waals surface area contributed by atoms with Crippen molar-refractivity contribution in [2.24, 2.45) is 11.3 Å². The lowest BCUT2D eigenvalue weighted by atomic mass is 9.77. The molecule has 5 nitrogen and oxygen atoms in total. The SMILES string of the molecule is CC(C)C(=O)N[C@@H](CCN1CCC2(CC1)CCN(Cc1ccc(F)cc1)C2=O)c1ccccc1. The van der Waals surface area contributed by atoms with Crippen molar-refractivity contribution in [3.63, 3.8) is 0 Å². The first kappa shape index (κ1) is 24.4. The molecule has 182 valence electrons. The highest BCUT2D eigenvalue weighted by Crippen LogP contribution is 2.42. The van der Waals surface area contributed by atoms with Gasteiger partial charge in [0, 0.05) is 25.6 Å². The molecule has 2 heterocycles. The number of piperidine rings is 1. The Bertz CT molecular complexity index is 969. The summed E-state index contributed by atoms with van der Waals surface area (Å²) in [4.78, 5) is 30.0. The number of carbonyl (C=O) groups excluding carboxylic acids is 2. The first-order valence-corrected chi connectivity index (χ1v) is 12.5. The van der Waals surface area contributed by atoms with Crippen molar-refractivity contribution in [1.82, 2.24) is 15.1 Å². The zero-order valence-electron chi connectivity index (χ0n) is 20.3. The van der Waals surface area contributed by atoms with Gasteiger partial charge >= 0.3 is 0 Å². The van der Waals surface area contributed by atoms with Crippen molar-refractivity contribution in [1.29, 1.82) is 0 Å². The number of nitrogens with zero attached hydrogens (tertiary/aromatic N) is 2. The molecule has 1 atom stereocenters. The molecule has 0 bridgehead atoms. The molecule has 0 unspecified atom stereocenters. The monoisotopic (exact) mass is 465 g/mol. The number of likely N-dealkylation sites (tertiary alicyclic amines) is 2. The van der Waals surface area contributed by atoms with E-state index in [9.17, 15) is 14.0 Å². The lowest BCUT2D eigenvalue weighted by Gasteiger charge is -2.38. The third-order valence-electron chi connectivity index (χ3n) is 7.48. The Labute approximate surface area is 202 Å². The molecule has 2 saturated heterocycles. The van der Waals surface area contributed by atoms with Gasteiger partial charge in [-0.3, -0.25) is 9.59 Å². The predicted molar refractivity (Wildman–Crippen MR) is 131 cm³/mol. The fraction of sp³-hybridized carbons (Fsp3) is 0.500. The molecule has 2 aliphatic heterocycles. The van der Waals surface area contributed by atoms with Crippen LogP contribution in [0.4, 0.5) is 4.39 Å². The van der Waals surface area contributed by atoms with E-state index < -0.39 is 0 Å². The maximum Gasteiger partial charge on any atom is 0.229 e. The van der Waals surface area contributed by atoms with Gasteiger partial charge < -0.3 is 15.1 Å². The Kier molecular flexibility index (Phi) is 7.67. The van der Waals surface area contributed by atoms with Crippen molar-refractivity contribution in [2.45, 2.75) is 52.1 Å². The van der Waals surface area contributed by atoms with Crippen LogP contribution in [-0.4, -0.2) is 47.8 Å². The molecule has 2 amide bonds. The summed E-state index contributed by atoms with van der Waals surface area (Å²) in [6.45, 7) is 7.85. The lowest BCUT2D eigenvalue weighted by molar-refractivity contribution is -0.139. The van der Waals surface area contributed by atoms with E-state index in [4.69, 9.17) is 0 Å². The normalized spacial score (nSPS) is 19.1. The lowest BCUT2D eigenvalue weighted by Crippen LogP contribution is -2.45. The minimum atomic E-state index is -0.251. The second-order valence-electron chi connectivity index (χ2n) is 10.1. The number of benzene rings is 2. The molecule has 2 fully saturated rings. The van der Waals surface area contributed by atoms with Crippen molar-refractivity contribution >= 4 is 11.8 Å². The van der Waals surface area contributed by atoms with Gasteiger partial charge in [-0.15, -0.1) is 0 Å². The fourth-order valence-corrected chi connectivity index (χ4v) is 5.18. The number of rotatable bonds is 8. The standard InChI is InChI=1S/C28H36FN3O2/c1-21(2)26(33)30-25(23-6-4-3-5-7-23)12-16-31-17-13-28(14-18-31)15-19-32(27(28)34)20-22-8-10-24(29)11-9-22/h3-11,21,25H,12-20H2,1-2H3,(H,30,33)/t25-/m0/s1. The maximum absolute atomic E-state index is 13.3. The number of carbonyl (C=O) groups is 2. The van der Waals surface area contributed by atoms with Crippen LogP contribution in [0.15, 0.2) is 54.6 Å². The zero-order chi connectivity index (χ0) is 24.1. The van der Waals surface area contributed by atoms with E-state index in [1.54, 1.807) is 12.1 Å². The number of hydrogen-bond acceptors (Lipinski definition) is 3. The van der Waals surface area contributed by atoms with Crippen LogP contribution < -0.4 is 5.32 Å². The van der Waals surface area contributed by atoms with Gasteiger partial charge in [-0.25, -0.2) is 4.39 Å². The minimum absolute atomic E-state index is 0.00806. The number of hydrogen-bond donors (Lipinski definition) is 1. The Morgan fingerprint density at radius 3 is 2.29 bits per heavy atom. The van der Waals surface area contributed by atoms with Crippen LogP contribution in [-0.2, 0) is 16.1 Å². The number of amides is 2. The molecule has 0 radical (unpaired) electrons. The van der Waals surface area contributed by atoms with Crippen LogP contribution in [0.5, 0.6) is 0 Å². The molecule has 0 aliphatic carbocycles. The fourth-order valence-electron chi connectivity index (χ4n) is 5.18. The van der Waals surface area contributed by atoms with Crippen LogP contribution in [0, 0.1) is 17.2 Å². The van der Waals surface area contributed by atoms with Crippen LogP contribution >= 0.6 is 0 Å². The highest BCUT2D eigenvalue weighted by Gasteiger charge is 2.47. The summed E-state index contributed by atoms with van der Waals surface area (Å²) < 4.78 is 13.2. The summed E-state index contributed by atoms with van der Waals surface area (Å²) in [7, 11) is 0. The second kappa shape index (κ2) is 10.7. The largest absolute Gasteiger partial charge is 0.349 e. The average Bonchev–Trinajstić information content (AvgIpc) is 3.14. The van der Waals surface area contributed by atoms with Gasteiger partial charge in [0.2, 0.25) is 11.8 Å². The van der Waals surface area contributed by atoms with Gasteiger partial charge in [0.15, 0.2) is 0 Å². The van der Waals surface area contributed by atoms with E-state index in [2.05, 4.69) is 22.3 Å². The van der Waals surface area contributed by atoms with Crippen molar-refractivity contribution in [3.8, 4) is 0 Å². The summed E-state index contributed by atoms with van der Waals surface area (Å²) >= 11 is 0. The van der Waals surface area contributed by atoms with Crippen molar-refractivity contribution in [3.05, 3.63) is 71.5 Å². The van der Waals surface area contributed by atoms with E-state index in [-0.39, 0.29) is 35.0 Å². The second-order valence-corrected chi connectivity index (χ2v) is 10.1. The number of nitrogens with one attached hydrogen (secondary N) is 1. The number of halogens is 1. The Balaban J connectivity index is 1.31. The molecule has 0 aromatic heterocycles. The molecule has 0 saturated carbocycles. The van der Waals surface area contributed by atoms with Crippen molar-refractivity contribution in [2.75, 3.05) is 26.2 Å². The van der Waals surface area contributed by atoms with Gasteiger partial charge in [-0.1, -0.05) is 56.3 Å². The van der Waals surface area contributed by atoms with Gasteiger partial charge in [-0.2, -0.15) is 0 Å². The Morgan fingerprint density at radius 2 is 1.65 bits per heavy atom. The van der Waals surface area contributed by atoms with Gasteiger partial charge in [0.1, 0.15) is 5.82 Å². The van der Waals surface area contributed by atoms with Crippen LogP contribution in [0.3, 0.4) is 0 Å². The van der Waals surface area contributed by atoms with Gasteiger partial charge in [0.25, 0.3) is 0 Å². The van der Waals surface area contributed by atoms with E-state index in [1.807, 2.05) is 36.9 Å². The van der Waals surface area contributed by atoms with Crippen LogP contribution in [0.25, 0.3) is 0 Å². The van der Waals surface area contributed by atoms with Crippen molar-refractivity contribution < 1.29 is 14.0 Å². The third-order valence-corrected chi connectivity index (χ3v) is 7.48. The molecule has 6 heteroatoms. The maximum atomic E-state index is 13.3. The molecule has 1 N–H and O–H groups in total. The average molecular weight is 466 g/mol. The molecule has 4 rings (SSSR count). The topological polar surface area (TPSA) is 52.7 Å². The van der Waals surface area contributed by atoms with Crippen LogP contribution in [0.1, 0.15) is 56.7 Å². The minimum Gasteiger partial charge on any atom is -0.349 e. The summed E-state index contributed by atoms with van der Waals surface area (Å²) in [6.07, 6.45) is 3.50. The predicted octanol–water partition coefficient (Wildman–Crippen LogP) is 4.54. The molecule has 2 aliphatic rings. The summed E-state index contributed by atoms with van der Waals surface area (Å²) in [5, 5.41) is 3.21. The molecular formula is C28H36FN3O2. The van der Waals surface area contributed by atoms with Crippen LogP contribution in [0.2, 0.25) is 0 Å². The molecule has 2 aromatic carbocycles. The third kappa shape index (κ3) is 5.66. The highest BCUT2D eigenvalue weighted by molar-refractivity contribution is 5.85. The highest BCUT2D eigenvalue weighted by atomic mass is 19.1. The summed E-state index contributed by atoms with van der Waals surface area (Å²) in [5.74, 6) is 0.0259. The van der Waals surface area contributed by atoms with E-state index >= 15 is 0 Å². The smallest absolute Gasteiger partial charge is 0.229 e. The molecule has 34 heavy (non-hydrogen) atoms. The van der Waals surface area contributed by atoms with Gasteiger partial charge in [0.05, 0.1) is 11.5 Å². The Hall–Kier alpha value is -2.73. The molecule has 2 aromatic rings. The summed E-state index contributed by atoms with van der Waals surface area (Å²) in [6, 6.07) is 16.6. The summed E-state index contributed by atoms with van der Waals surface area (Å²) in [5.41, 5.74) is 1.85. The first-order chi connectivity index (χ1) is 16.4. The quantitative estimate of drug-likeness (QED) is 0.623. The van der Waals surface area contributed by atoms with E-state index in [1.165, 1.54) is 12.1 Å². The first-order valence-electron chi connectivity index (χ1n) is 12.5. The zero-order valence-corrected chi connectivity index (χ0v) is 20.3. The van der Waals surface area contributed by atoms with Gasteiger partial charge in [-0.05, 0) is 62.0 Å². The molecule has 1 spiro atoms. The molecular weight excluding hydrogens is 429 g/mol.